The SMILES string of the molecule is CCCN(CCC)C(=O)c1ccc2cn([C@@H](Cc3ccccc3)[C@H](C[C@@H](C)C(=O)Nc3ccc(F)cc3)N=[N+]=[N-])c(O)c2c1. The fourth-order valence-electron chi connectivity index (χ4n) is 5.53. The highest BCUT2D eigenvalue weighted by molar-refractivity contribution is 6.00. The van der Waals surface area contributed by atoms with E-state index in [4.69, 9.17) is 0 Å². The minimum atomic E-state index is -0.715. The molecule has 0 saturated heterocycles. The number of fused-ring (bicyclic) bond motifs is 1. The van der Waals surface area contributed by atoms with Gasteiger partial charge in [0.25, 0.3) is 5.91 Å². The molecule has 0 unspecified atom stereocenters. The summed E-state index contributed by atoms with van der Waals surface area (Å²) >= 11 is 0. The zero-order valence-electron chi connectivity index (χ0n) is 25.4. The lowest BCUT2D eigenvalue weighted by Crippen LogP contribution is -2.32. The van der Waals surface area contributed by atoms with E-state index in [1.54, 1.807) is 29.8 Å². The number of aromatic nitrogens is 1. The number of aromatic hydroxyl groups is 1. The van der Waals surface area contributed by atoms with Gasteiger partial charge in [0.05, 0.1) is 6.04 Å². The monoisotopic (exact) mass is 598 g/mol. The van der Waals surface area contributed by atoms with Gasteiger partial charge in [0.2, 0.25) is 5.91 Å². The number of rotatable bonds is 14. The lowest BCUT2D eigenvalue weighted by molar-refractivity contribution is -0.119. The highest BCUT2D eigenvalue weighted by atomic mass is 19.1. The molecule has 230 valence electrons. The number of carbonyl (C=O) groups is 2. The summed E-state index contributed by atoms with van der Waals surface area (Å²) in [6.07, 6.45) is 4.09. The molecular weight excluding hydrogens is 559 g/mol. The summed E-state index contributed by atoms with van der Waals surface area (Å²) in [6.45, 7) is 7.10. The van der Waals surface area contributed by atoms with Crippen LogP contribution in [0, 0.1) is 11.7 Å². The number of carbonyl (C=O) groups excluding carboxylic acids is 2. The maximum atomic E-state index is 13.3. The molecule has 0 bridgehead atoms. The van der Waals surface area contributed by atoms with Crippen molar-refractivity contribution in [3.05, 3.63) is 106 Å². The van der Waals surface area contributed by atoms with Gasteiger partial charge < -0.3 is 19.9 Å². The molecule has 4 rings (SSSR count). The van der Waals surface area contributed by atoms with Crippen molar-refractivity contribution in [2.45, 2.75) is 58.5 Å². The first-order valence-corrected chi connectivity index (χ1v) is 15.0. The largest absolute Gasteiger partial charge is 0.494 e. The Balaban J connectivity index is 1.69. The summed E-state index contributed by atoms with van der Waals surface area (Å²) in [7, 11) is 0. The molecule has 4 aromatic rings. The molecule has 0 fully saturated rings. The van der Waals surface area contributed by atoms with Crippen molar-refractivity contribution in [1.82, 2.24) is 9.47 Å². The molecule has 1 heterocycles. The average Bonchev–Trinajstić information content (AvgIpc) is 3.35. The van der Waals surface area contributed by atoms with Crippen molar-refractivity contribution in [2.75, 3.05) is 18.4 Å². The highest BCUT2D eigenvalue weighted by Gasteiger charge is 2.29. The Bertz CT molecular complexity index is 1610. The summed E-state index contributed by atoms with van der Waals surface area (Å²) in [5.74, 6) is -1.42. The lowest BCUT2D eigenvalue weighted by Gasteiger charge is -2.28. The van der Waals surface area contributed by atoms with E-state index in [1.807, 2.05) is 55.1 Å². The molecule has 2 amide bonds. The predicted octanol–water partition coefficient (Wildman–Crippen LogP) is 7.88. The first kappa shape index (κ1) is 32.1. The van der Waals surface area contributed by atoms with E-state index in [-0.39, 0.29) is 24.1 Å². The molecule has 0 aliphatic heterocycles. The standard InChI is InChI=1S/C34H39FN6O3/c1-4-17-40(18-5-2)33(43)25-11-12-26-22-41(34(44)29(26)21-25)31(20-24-9-7-6-8-10-24)30(38-39-36)19-23(3)32(42)37-28-15-13-27(35)14-16-28/h6-16,21-23,30-31,44H,4-5,17-20H2,1-3H3,(H,37,42)/t23-,30+,31+/m1/s1. The number of hydrogen-bond donors (Lipinski definition) is 2. The van der Waals surface area contributed by atoms with Crippen LogP contribution in [0.15, 0.2) is 84.1 Å². The average molecular weight is 599 g/mol. The van der Waals surface area contributed by atoms with Gasteiger partial charge in [0.15, 0.2) is 5.88 Å². The van der Waals surface area contributed by atoms with E-state index in [9.17, 15) is 24.6 Å². The first-order chi connectivity index (χ1) is 21.2. The Labute approximate surface area is 256 Å². The van der Waals surface area contributed by atoms with Crippen LogP contribution in [-0.2, 0) is 11.2 Å². The van der Waals surface area contributed by atoms with Gasteiger partial charge in [-0.15, -0.1) is 0 Å². The van der Waals surface area contributed by atoms with Crippen molar-refractivity contribution in [3.8, 4) is 5.88 Å². The van der Waals surface area contributed by atoms with Crippen LogP contribution < -0.4 is 5.32 Å². The van der Waals surface area contributed by atoms with Gasteiger partial charge in [-0.2, -0.15) is 0 Å². The lowest BCUT2D eigenvalue weighted by atomic mass is 9.91. The third kappa shape index (κ3) is 7.76. The van der Waals surface area contributed by atoms with Gasteiger partial charge in [-0.1, -0.05) is 62.3 Å². The van der Waals surface area contributed by atoms with Crippen molar-refractivity contribution >= 4 is 28.3 Å². The van der Waals surface area contributed by atoms with Crippen molar-refractivity contribution in [3.63, 3.8) is 0 Å². The fourth-order valence-corrected chi connectivity index (χ4v) is 5.53. The van der Waals surface area contributed by atoms with Crippen LogP contribution in [0.5, 0.6) is 5.88 Å². The zero-order valence-corrected chi connectivity index (χ0v) is 25.4. The van der Waals surface area contributed by atoms with Crippen LogP contribution in [0.25, 0.3) is 21.2 Å². The van der Waals surface area contributed by atoms with Crippen LogP contribution in [0.4, 0.5) is 10.1 Å². The summed E-state index contributed by atoms with van der Waals surface area (Å²) < 4.78 is 15.0. The molecule has 44 heavy (non-hydrogen) atoms. The second-order valence-corrected chi connectivity index (χ2v) is 11.1. The molecule has 10 heteroatoms. The van der Waals surface area contributed by atoms with Gasteiger partial charge in [-0.25, -0.2) is 4.39 Å². The number of hydrogen-bond acceptors (Lipinski definition) is 4. The van der Waals surface area contributed by atoms with Crippen LogP contribution in [0.2, 0.25) is 0 Å². The van der Waals surface area contributed by atoms with E-state index in [0.29, 0.717) is 36.1 Å². The van der Waals surface area contributed by atoms with Gasteiger partial charge in [0.1, 0.15) is 5.82 Å². The number of nitrogens with one attached hydrogen (secondary N) is 1. The predicted molar refractivity (Wildman–Crippen MR) is 171 cm³/mol. The van der Waals surface area contributed by atoms with Gasteiger partial charge >= 0.3 is 0 Å². The quantitative estimate of drug-likeness (QED) is 0.0872. The molecule has 0 radical (unpaired) electrons. The number of nitrogens with zero attached hydrogens (tertiary/aromatic N) is 5. The highest BCUT2D eigenvalue weighted by Crippen LogP contribution is 2.36. The van der Waals surface area contributed by atoms with Crippen LogP contribution in [-0.4, -0.2) is 45.5 Å². The normalized spacial score (nSPS) is 13.1. The summed E-state index contributed by atoms with van der Waals surface area (Å²) in [5, 5.41) is 19.7. The number of halogens is 1. The van der Waals surface area contributed by atoms with Crippen LogP contribution in [0.1, 0.15) is 62.0 Å². The molecule has 1 aromatic heterocycles. The third-order valence-electron chi connectivity index (χ3n) is 7.78. The van der Waals surface area contributed by atoms with E-state index >= 15 is 0 Å². The van der Waals surface area contributed by atoms with Gasteiger partial charge in [-0.3, -0.25) is 9.59 Å². The second-order valence-electron chi connectivity index (χ2n) is 11.1. The van der Waals surface area contributed by atoms with Crippen molar-refractivity contribution < 1.29 is 19.1 Å². The summed E-state index contributed by atoms with van der Waals surface area (Å²) in [5.41, 5.74) is 11.5. The topological polar surface area (TPSA) is 123 Å². The van der Waals surface area contributed by atoms with E-state index in [0.717, 1.165) is 23.8 Å². The first-order valence-electron chi connectivity index (χ1n) is 15.0. The summed E-state index contributed by atoms with van der Waals surface area (Å²) in [6, 6.07) is 19.2. The summed E-state index contributed by atoms with van der Waals surface area (Å²) in [4.78, 5) is 31.3. The van der Waals surface area contributed by atoms with E-state index < -0.39 is 23.8 Å². The van der Waals surface area contributed by atoms with Crippen LogP contribution in [0.3, 0.4) is 0 Å². The molecule has 2 N–H and O–H groups in total. The van der Waals surface area contributed by atoms with Crippen molar-refractivity contribution in [2.24, 2.45) is 11.0 Å². The minimum Gasteiger partial charge on any atom is -0.494 e. The van der Waals surface area contributed by atoms with Gasteiger partial charge in [-0.05, 0) is 73.2 Å². The molecule has 0 aliphatic carbocycles. The van der Waals surface area contributed by atoms with Gasteiger partial charge in [0, 0.05) is 58.2 Å². The third-order valence-corrected chi connectivity index (χ3v) is 7.78. The minimum absolute atomic E-state index is 0.0466. The number of anilines is 1. The maximum Gasteiger partial charge on any atom is 0.253 e. The molecule has 0 spiro atoms. The smallest absolute Gasteiger partial charge is 0.253 e. The zero-order chi connectivity index (χ0) is 31.6. The molecule has 9 nitrogen and oxygen atoms in total. The van der Waals surface area contributed by atoms with Crippen molar-refractivity contribution in [1.29, 1.82) is 0 Å². The Hall–Kier alpha value is -4.82. The molecule has 3 atom stereocenters. The second kappa shape index (κ2) is 15.1. The fraction of sp³-hybridized carbons (Fsp3) is 0.353. The Morgan fingerprint density at radius 3 is 2.36 bits per heavy atom. The Morgan fingerprint density at radius 2 is 1.73 bits per heavy atom. The Kier molecular flexibility index (Phi) is 11.0. The molecule has 0 saturated carbocycles. The Morgan fingerprint density at radius 1 is 1.05 bits per heavy atom. The molecule has 0 aliphatic rings. The molecule has 3 aromatic carbocycles. The maximum absolute atomic E-state index is 13.3. The van der Waals surface area contributed by atoms with Crippen LogP contribution >= 0.6 is 0 Å². The number of azide groups is 1. The number of amides is 2. The van der Waals surface area contributed by atoms with E-state index in [1.165, 1.54) is 24.3 Å². The number of benzene rings is 3. The molecular formula is C34H39FN6O3. The van der Waals surface area contributed by atoms with E-state index in [2.05, 4.69) is 15.3 Å².